The van der Waals surface area contributed by atoms with Gasteiger partial charge in [-0.25, -0.2) is 4.39 Å². The van der Waals surface area contributed by atoms with Gasteiger partial charge in [0.15, 0.2) is 0 Å². The molecule has 0 bridgehead atoms. The minimum Gasteiger partial charge on any atom is -0.320 e. The summed E-state index contributed by atoms with van der Waals surface area (Å²) in [4.78, 5) is 0. The van der Waals surface area contributed by atoms with E-state index in [-0.39, 0.29) is 5.02 Å². The molecule has 0 saturated carbocycles. The first-order valence-electron chi connectivity index (χ1n) is 5.87. The van der Waals surface area contributed by atoms with Crippen LogP contribution in [-0.4, -0.2) is 0 Å². The van der Waals surface area contributed by atoms with Gasteiger partial charge in [-0.15, -0.1) is 0 Å². The standard InChI is InChI=1S/C15H14Cl2FN/c1-8-5-11(12(16)6-9(8)2)15(19)10-3-4-14(18)13(17)7-10/h3-7,15H,19H2,1-2H3. The third-order valence-electron chi connectivity index (χ3n) is 3.25. The lowest BCUT2D eigenvalue weighted by atomic mass is 9.96. The first-order chi connectivity index (χ1) is 8.90. The Labute approximate surface area is 122 Å². The summed E-state index contributed by atoms with van der Waals surface area (Å²) in [6.45, 7) is 3.99. The lowest BCUT2D eigenvalue weighted by molar-refractivity contribution is 0.627. The number of hydrogen-bond acceptors (Lipinski definition) is 1. The van der Waals surface area contributed by atoms with E-state index in [9.17, 15) is 4.39 Å². The van der Waals surface area contributed by atoms with Crippen LogP contribution in [0, 0.1) is 19.7 Å². The fraction of sp³-hybridized carbons (Fsp3) is 0.200. The van der Waals surface area contributed by atoms with Crippen LogP contribution < -0.4 is 5.73 Å². The summed E-state index contributed by atoms with van der Waals surface area (Å²) in [5, 5.41) is 0.670. The molecule has 0 aliphatic carbocycles. The van der Waals surface area contributed by atoms with E-state index in [1.165, 1.54) is 12.1 Å². The maximum Gasteiger partial charge on any atom is 0.141 e. The van der Waals surface area contributed by atoms with E-state index >= 15 is 0 Å². The minimum absolute atomic E-state index is 0.0629. The quantitative estimate of drug-likeness (QED) is 0.847. The molecule has 0 aromatic heterocycles. The van der Waals surface area contributed by atoms with Gasteiger partial charge in [-0.2, -0.15) is 0 Å². The van der Waals surface area contributed by atoms with Gasteiger partial charge >= 0.3 is 0 Å². The maximum absolute atomic E-state index is 13.2. The van der Waals surface area contributed by atoms with Gasteiger partial charge in [-0.3, -0.25) is 0 Å². The topological polar surface area (TPSA) is 26.0 Å². The SMILES string of the molecule is Cc1cc(Cl)c(C(N)c2ccc(F)c(Cl)c2)cc1C. The number of rotatable bonds is 2. The zero-order valence-corrected chi connectivity index (χ0v) is 12.2. The van der Waals surface area contributed by atoms with Gasteiger partial charge in [0.2, 0.25) is 0 Å². The molecule has 2 aromatic rings. The van der Waals surface area contributed by atoms with Crippen molar-refractivity contribution >= 4 is 23.2 Å². The van der Waals surface area contributed by atoms with Crippen molar-refractivity contribution in [3.8, 4) is 0 Å². The van der Waals surface area contributed by atoms with Crippen molar-refractivity contribution in [3.63, 3.8) is 0 Å². The minimum atomic E-state index is -0.455. The van der Waals surface area contributed by atoms with Crippen molar-refractivity contribution in [2.75, 3.05) is 0 Å². The fourth-order valence-electron chi connectivity index (χ4n) is 1.93. The van der Waals surface area contributed by atoms with Crippen molar-refractivity contribution in [1.29, 1.82) is 0 Å². The van der Waals surface area contributed by atoms with E-state index < -0.39 is 11.9 Å². The third-order valence-corrected chi connectivity index (χ3v) is 3.87. The highest BCUT2D eigenvalue weighted by Gasteiger charge is 2.15. The van der Waals surface area contributed by atoms with E-state index in [4.69, 9.17) is 28.9 Å². The van der Waals surface area contributed by atoms with Crippen LogP contribution in [0.25, 0.3) is 0 Å². The molecule has 4 heteroatoms. The number of nitrogens with two attached hydrogens (primary N) is 1. The van der Waals surface area contributed by atoms with Crippen molar-refractivity contribution in [2.45, 2.75) is 19.9 Å². The molecule has 0 fully saturated rings. The lowest BCUT2D eigenvalue weighted by Gasteiger charge is -2.16. The Kier molecular flexibility index (Phi) is 4.14. The summed E-state index contributed by atoms with van der Waals surface area (Å²) in [6.07, 6.45) is 0. The zero-order chi connectivity index (χ0) is 14.2. The smallest absolute Gasteiger partial charge is 0.141 e. The molecular formula is C15H14Cl2FN. The number of benzene rings is 2. The van der Waals surface area contributed by atoms with Crippen LogP contribution in [-0.2, 0) is 0 Å². The summed E-state index contributed by atoms with van der Waals surface area (Å²) >= 11 is 12.0. The summed E-state index contributed by atoms with van der Waals surface area (Å²) < 4.78 is 13.2. The van der Waals surface area contributed by atoms with Crippen molar-refractivity contribution in [1.82, 2.24) is 0 Å². The van der Waals surface area contributed by atoms with Crippen molar-refractivity contribution < 1.29 is 4.39 Å². The van der Waals surface area contributed by atoms with E-state index in [1.54, 1.807) is 6.07 Å². The first kappa shape index (κ1) is 14.3. The molecule has 2 aromatic carbocycles. The van der Waals surface area contributed by atoms with Gasteiger partial charge in [0.05, 0.1) is 11.1 Å². The Morgan fingerprint density at radius 1 is 1.00 bits per heavy atom. The van der Waals surface area contributed by atoms with Gasteiger partial charge in [-0.05, 0) is 54.3 Å². The molecule has 19 heavy (non-hydrogen) atoms. The molecule has 100 valence electrons. The second-order valence-electron chi connectivity index (χ2n) is 4.61. The van der Waals surface area contributed by atoms with Gasteiger partial charge in [0.1, 0.15) is 5.82 Å². The van der Waals surface area contributed by atoms with Crippen LogP contribution >= 0.6 is 23.2 Å². The average Bonchev–Trinajstić information content (AvgIpc) is 2.36. The van der Waals surface area contributed by atoms with Crippen molar-refractivity contribution in [3.05, 3.63) is 68.4 Å². The van der Waals surface area contributed by atoms with Crippen molar-refractivity contribution in [2.24, 2.45) is 5.73 Å². The Hall–Kier alpha value is -1.09. The molecule has 0 amide bonds. The van der Waals surface area contributed by atoms with Crippen LogP contribution in [0.2, 0.25) is 10.0 Å². The van der Waals surface area contributed by atoms with E-state index in [0.717, 1.165) is 22.3 Å². The number of halogens is 3. The van der Waals surface area contributed by atoms with Gasteiger partial charge in [0.25, 0.3) is 0 Å². The molecule has 1 nitrogen and oxygen atoms in total. The lowest BCUT2D eigenvalue weighted by Crippen LogP contribution is -2.13. The second kappa shape index (κ2) is 5.49. The third kappa shape index (κ3) is 2.92. The van der Waals surface area contributed by atoms with Gasteiger partial charge in [-0.1, -0.05) is 35.3 Å². The zero-order valence-electron chi connectivity index (χ0n) is 10.7. The summed E-state index contributed by atoms with van der Waals surface area (Å²) in [6, 6.07) is 7.89. The van der Waals surface area contributed by atoms with Crippen LogP contribution in [0.1, 0.15) is 28.3 Å². The predicted molar refractivity (Wildman–Crippen MR) is 78.4 cm³/mol. The fourth-order valence-corrected chi connectivity index (χ4v) is 2.45. The number of hydrogen-bond donors (Lipinski definition) is 1. The molecule has 0 aliphatic rings. The van der Waals surface area contributed by atoms with Crippen LogP contribution in [0.5, 0.6) is 0 Å². The highest BCUT2D eigenvalue weighted by atomic mass is 35.5. The monoisotopic (exact) mass is 297 g/mol. The van der Waals surface area contributed by atoms with Crippen LogP contribution in [0.4, 0.5) is 4.39 Å². The van der Waals surface area contributed by atoms with E-state index in [2.05, 4.69) is 0 Å². The Morgan fingerprint density at radius 2 is 1.63 bits per heavy atom. The Bertz CT molecular complexity index is 626. The molecule has 2 N–H and O–H groups in total. The molecule has 1 unspecified atom stereocenters. The first-order valence-corrected chi connectivity index (χ1v) is 6.63. The summed E-state index contributed by atoms with van der Waals surface area (Å²) in [5.74, 6) is -0.455. The maximum atomic E-state index is 13.2. The summed E-state index contributed by atoms with van der Waals surface area (Å²) in [5.41, 5.74) is 9.96. The largest absolute Gasteiger partial charge is 0.320 e. The molecule has 0 heterocycles. The molecule has 2 rings (SSSR count). The Balaban J connectivity index is 2.46. The molecule has 0 spiro atoms. The molecular weight excluding hydrogens is 284 g/mol. The van der Waals surface area contributed by atoms with E-state index in [1.807, 2.05) is 26.0 Å². The molecule has 0 aliphatic heterocycles. The van der Waals surface area contributed by atoms with Gasteiger partial charge in [0, 0.05) is 5.02 Å². The molecule has 0 saturated heterocycles. The molecule has 0 radical (unpaired) electrons. The number of aryl methyl sites for hydroxylation is 2. The second-order valence-corrected chi connectivity index (χ2v) is 5.42. The Morgan fingerprint density at radius 3 is 2.26 bits per heavy atom. The summed E-state index contributed by atoms with van der Waals surface area (Å²) in [7, 11) is 0. The van der Waals surface area contributed by atoms with Crippen LogP contribution in [0.3, 0.4) is 0 Å². The average molecular weight is 298 g/mol. The highest BCUT2D eigenvalue weighted by Crippen LogP contribution is 2.30. The van der Waals surface area contributed by atoms with Crippen LogP contribution in [0.15, 0.2) is 30.3 Å². The van der Waals surface area contributed by atoms with E-state index in [0.29, 0.717) is 5.02 Å². The highest BCUT2D eigenvalue weighted by molar-refractivity contribution is 6.31. The van der Waals surface area contributed by atoms with Gasteiger partial charge < -0.3 is 5.73 Å². The predicted octanol–water partition coefficient (Wildman–Crippen LogP) is 4.80. The molecule has 1 atom stereocenters. The normalized spacial score (nSPS) is 12.5.